The van der Waals surface area contributed by atoms with Crippen molar-refractivity contribution in [3.05, 3.63) is 35.4 Å². The van der Waals surface area contributed by atoms with Crippen molar-refractivity contribution >= 4 is 5.97 Å². The Balaban J connectivity index is 2.86. The van der Waals surface area contributed by atoms with Crippen LogP contribution in [-0.2, 0) is 4.74 Å². The number of ether oxygens (including phenoxy) is 1. The first-order valence-corrected chi connectivity index (χ1v) is 4.69. The van der Waals surface area contributed by atoms with E-state index >= 15 is 0 Å². The molecule has 0 fully saturated rings. The van der Waals surface area contributed by atoms with E-state index in [2.05, 4.69) is 0 Å². The summed E-state index contributed by atoms with van der Waals surface area (Å²) in [6, 6.07) is 7.43. The van der Waals surface area contributed by atoms with Crippen molar-refractivity contribution in [3.63, 3.8) is 0 Å². The van der Waals surface area contributed by atoms with Gasteiger partial charge in [-0.25, -0.2) is 4.79 Å². The van der Waals surface area contributed by atoms with Gasteiger partial charge < -0.3 is 4.74 Å². The van der Waals surface area contributed by atoms with Crippen molar-refractivity contribution in [2.75, 3.05) is 0 Å². The maximum absolute atomic E-state index is 11.7. The predicted octanol–water partition coefficient (Wildman–Crippen LogP) is 2.95. The minimum atomic E-state index is -0.431. The maximum atomic E-state index is 11.7. The van der Waals surface area contributed by atoms with Gasteiger partial charge in [0, 0.05) is 0 Å². The van der Waals surface area contributed by atoms with Gasteiger partial charge in [0.05, 0.1) is 5.56 Å². The van der Waals surface area contributed by atoms with Crippen molar-refractivity contribution in [1.82, 2.24) is 0 Å². The number of benzene rings is 1. The van der Waals surface area contributed by atoms with Crippen LogP contribution in [0.5, 0.6) is 0 Å². The molecule has 2 nitrogen and oxygen atoms in total. The standard InChI is InChI=1S/C12H16O2/c1-9-7-5-6-8-10(9)11(13)14-12(2,3)4/h5-8H,1-4H3. The average molecular weight is 192 g/mol. The van der Waals surface area contributed by atoms with Gasteiger partial charge in [0.2, 0.25) is 0 Å². The molecular formula is C12H16O2. The monoisotopic (exact) mass is 192 g/mol. The Kier molecular flexibility index (Phi) is 2.94. The Morgan fingerprint density at radius 3 is 2.29 bits per heavy atom. The molecule has 0 saturated heterocycles. The molecule has 2 heteroatoms. The fraction of sp³-hybridized carbons (Fsp3) is 0.417. The van der Waals surface area contributed by atoms with Crippen LogP contribution >= 0.6 is 0 Å². The number of carbonyl (C=O) groups is 1. The minimum absolute atomic E-state index is 0.254. The van der Waals surface area contributed by atoms with E-state index in [1.165, 1.54) is 0 Å². The number of aryl methyl sites for hydroxylation is 1. The Morgan fingerprint density at radius 1 is 1.21 bits per heavy atom. The second-order valence-corrected chi connectivity index (χ2v) is 4.32. The van der Waals surface area contributed by atoms with Gasteiger partial charge in [0.15, 0.2) is 0 Å². The van der Waals surface area contributed by atoms with Crippen LogP contribution < -0.4 is 0 Å². The van der Waals surface area contributed by atoms with Crippen molar-refractivity contribution in [2.24, 2.45) is 0 Å². The summed E-state index contributed by atoms with van der Waals surface area (Å²) in [6.45, 7) is 7.49. The van der Waals surface area contributed by atoms with Crippen LogP contribution in [0.2, 0.25) is 0 Å². The highest BCUT2D eigenvalue weighted by Crippen LogP contribution is 2.14. The van der Waals surface area contributed by atoms with E-state index in [0.717, 1.165) is 5.56 Å². The van der Waals surface area contributed by atoms with Crippen molar-refractivity contribution in [2.45, 2.75) is 33.3 Å². The number of rotatable bonds is 1. The second-order valence-electron chi connectivity index (χ2n) is 4.32. The topological polar surface area (TPSA) is 26.3 Å². The molecule has 0 amide bonds. The summed E-state index contributed by atoms with van der Waals surface area (Å²) in [5.74, 6) is -0.254. The lowest BCUT2D eigenvalue weighted by Gasteiger charge is -2.20. The summed E-state index contributed by atoms with van der Waals surface area (Å²) in [6.07, 6.45) is 0. The van der Waals surface area contributed by atoms with Gasteiger partial charge in [-0.1, -0.05) is 18.2 Å². The number of carbonyl (C=O) groups excluding carboxylic acids is 1. The smallest absolute Gasteiger partial charge is 0.338 e. The van der Waals surface area contributed by atoms with E-state index in [4.69, 9.17) is 4.74 Å². The van der Waals surface area contributed by atoms with E-state index in [1.807, 2.05) is 45.9 Å². The zero-order valence-corrected chi connectivity index (χ0v) is 9.13. The third-order valence-corrected chi connectivity index (χ3v) is 1.76. The molecular weight excluding hydrogens is 176 g/mol. The van der Waals surface area contributed by atoms with E-state index in [1.54, 1.807) is 6.07 Å². The van der Waals surface area contributed by atoms with Gasteiger partial charge in [0.1, 0.15) is 5.60 Å². The quantitative estimate of drug-likeness (QED) is 0.639. The highest BCUT2D eigenvalue weighted by molar-refractivity contribution is 5.91. The Bertz CT molecular complexity index is 334. The van der Waals surface area contributed by atoms with Crippen molar-refractivity contribution in [1.29, 1.82) is 0 Å². The van der Waals surface area contributed by atoms with Crippen molar-refractivity contribution < 1.29 is 9.53 Å². The highest BCUT2D eigenvalue weighted by Gasteiger charge is 2.18. The van der Waals surface area contributed by atoms with E-state index in [0.29, 0.717) is 5.56 Å². The summed E-state index contributed by atoms with van der Waals surface area (Å²) in [5, 5.41) is 0. The van der Waals surface area contributed by atoms with Crippen molar-refractivity contribution in [3.8, 4) is 0 Å². The fourth-order valence-electron chi connectivity index (χ4n) is 1.13. The lowest BCUT2D eigenvalue weighted by Crippen LogP contribution is -2.24. The Morgan fingerprint density at radius 2 is 1.79 bits per heavy atom. The zero-order chi connectivity index (χ0) is 10.8. The second kappa shape index (κ2) is 3.82. The Labute approximate surface area is 84.9 Å². The van der Waals surface area contributed by atoms with Crippen LogP contribution in [0.3, 0.4) is 0 Å². The van der Waals surface area contributed by atoms with Gasteiger partial charge in [-0.15, -0.1) is 0 Å². The van der Waals surface area contributed by atoms with E-state index in [-0.39, 0.29) is 5.97 Å². The molecule has 0 saturated carbocycles. The van der Waals surface area contributed by atoms with Crippen LogP contribution in [0, 0.1) is 6.92 Å². The molecule has 0 radical (unpaired) electrons. The number of esters is 1. The summed E-state index contributed by atoms with van der Waals surface area (Å²) >= 11 is 0. The summed E-state index contributed by atoms with van der Waals surface area (Å²) in [5.41, 5.74) is 1.16. The van der Waals surface area contributed by atoms with Gasteiger partial charge in [-0.3, -0.25) is 0 Å². The molecule has 0 N–H and O–H groups in total. The zero-order valence-electron chi connectivity index (χ0n) is 9.13. The van der Waals surface area contributed by atoms with E-state index in [9.17, 15) is 4.79 Å². The minimum Gasteiger partial charge on any atom is -0.456 e. The first-order chi connectivity index (χ1) is 6.40. The molecule has 14 heavy (non-hydrogen) atoms. The number of hydrogen-bond acceptors (Lipinski definition) is 2. The first-order valence-electron chi connectivity index (χ1n) is 4.69. The highest BCUT2D eigenvalue weighted by atomic mass is 16.6. The molecule has 0 aliphatic heterocycles. The molecule has 0 aromatic heterocycles. The first kappa shape index (κ1) is 10.8. The van der Waals surface area contributed by atoms with Gasteiger partial charge in [-0.05, 0) is 39.3 Å². The molecule has 0 aliphatic rings. The van der Waals surface area contributed by atoms with E-state index < -0.39 is 5.60 Å². The average Bonchev–Trinajstić information content (AvgIpc) is 2.01. The molecule has 0 aliphatic carbocycles. The largest absolute Gasteiger partial charge is 0.456 e. The van der Waals surface area contributed by atoms with Gasteiger partial charge >= 0.3 is 5.97 Å². The SMILES string of the molecule is Cc1ccccc1C(=O)OC(C)(C)C. The molecule has 0 unspecified atom stereocenters. The maximum Gasteiger partial charge on any atom is 0.338 e. The van der Waals surface area contributed by atoms with Gasteiger partial charge in [-0.2, -0.15) is 0 Å². The van der Waals surface area contributed by atoms with Crippen LogP contribution in [0.1, 0.15) is 36.7 Å². The predicted molar refractivity (Wildman–Crippen MR) is 56.3 cm³/mol. The molecule has 0 heterocycles. The molecule has 76 valence electrons. The number of hydrogen-bond donors (Lipinski definition) is 0. The van der Waals surface area contributed by atoms with Crippen LogP contribution in [0.4, 0.5) is 0 Å². The Hall–Kier alpha value is -1.31. The summed E-state index contributed by atoms with van der Waals surface area (Å²) in [7, 11) is 0. The normalized spacial score (nSPS) is 11.1. The molecule has 1 aromatic rings. The third kappa shape index (κ3) is 2.87. The van der Waals surface area contributed by atoms with Crippen LogP contribution in [0.15, 0.2) is 24.3 Å². The van der Waals surface area contributed by atoms with Crippen LogP contribution in [-0.4, -0.2) is 11.6 Å². The third-order valence-electron chi connectivity index (χ3n) is 1.76. The summed E-state index contributed by atoms with van der Waals surface area (Å²) < 4.78 is 5.27. The van der Waals surface area contributed by atoms with Crippen LogP contribution in [0.25, 0.3) is 0 Å². The molecule has 0 spiro atoms. The molecule has 1 rings (SSSR count). The molecule has 1 aromatic carbocycles. The lowest BCUT2D eigenvalue weighted by atomic mass is 10.1. The fourth-order valence-corrected chi connectivity index (χ4v) is 1.13. The molecule has 0 bridgehead atoms. The molecule has 0 atom stereocenters. The summed E-state index contributed by atoms with van der Waals surface area (Å²) in [4.78, 5) is 11.7. The van der Waals surface area contributed by atoms with Gasteiger partial charge in [0.25, 0.3) is 0 Å². The lowest BCUT2D eigenvalue weighted by molar-refractivity contribution is 0.00688.